The predicted octanol–water partition coefficient (Wildman–Crippen LogP) is 2.92. The predicted molar refractivity (Wildman–Crippen MR) is 98.4 cm³/mol. The number of carbonyl (C=O) groups excluding carboxylic acids is 2. The summed E-state index contributed by atoms with van der Waals surface area (Å²) in [5, 5.41) is 10.8. The Labute approximate surface area is 146 Å². The van der Waals surface area contributed by atoms with Crippen LogP contribution in [0.5, 0.6) is 0 Å². The molecule has 1 heterocycles. The van der Waals surface area contributed by atoms with Gasteiger partial charge in [-0.1, -0.05) is 12.1 Å². The maximum atomic E-state index is 12.2. The van der Waals surface area contributed by atoms with Gasteiger partial charge in [-0.3, -0.25) is 9.59 Å². The molecule has 0 fully saturated rings. The Bertz CT molecular complexity index is 696. The van der Waals surface area contributed by atoms with E-state index in [1.165, 1.54) is 0 Å². The Hall–Kier alpha value is -2.34. The first-order valence-corrected chi connectivity index (χ1v) is 8.78. The number of thiophene rings is 1. The molecule has 3 N–H and O–H groups in total. The Kier molecular flexibility index (Phi) is 6.37. The van der Waals surface area contributed by atoms with Gasteiger partial charge in [-0.2, -0.15) is 0 Å². The van der Waals surface area contributed by atoms with Crippen molar-refractivity contribution < 1.29 is 9.59 Å². The van der Waals surface area contributed by atoms with Crippen LogP contribution in [0.4, 0.5) is 5.69 Å². The Balaban J connectivity index is 1.90. The lowest BCUT2D eigenvalue weighted by atomic mass is 10.1. The fourth-order valence-electron chi connectivity index (χ4n) is 2.16. The fraction of sp³-hybridized carbons (Fsp3) is 0.333. The number of aryl methyl sites for hydroxylation is 1. The molecule has 128 valence electrons. The van der Waals surface area contributed by atoms with E-state index >= 15 is 0 Å². The number of nitrogens with one attached hydrogen (secondary N) is 3. The second-order valence-corrected chi connectivity index (χ2v) is 6.90. The summed E-state index contributed by atoms with van der Waals surface area (Å²) >= 11 is 1.61. The highest BCUT2D eigenvalue weighted by atomic mass is 32.1. The molecule has 0 bridgehead atoms. The average Bonchev–Trinajstić information content (AvgIpc) is 3.04. The quantitative estimate of drug-likeness (QED) is 0.723. The topological polar surface area (TPSA) is 70.2 Å². The van der Waals surface area contributed by atoms with E-state index in [1.54, 1.807) is 17.4 Å². The molecule has 0 aliphatic carbocycles. The summed E-state index contributed by atoms with van der Waals surface area (Å²) in [5.74, 6) is -0.189. The van der Waals surface area contributed by atoms with Crippen molar-refractivity contribution in [3.63, 3.8) is 0 Å². The van der Waals surface area contributed by atoms with Gasteiger partial charge in [0.15, 0.2) is 0 Å². The Morgan fingerprint density at radius 2 is 2.00 bits per heavy atom. The maximum Gasteiger partial charge on any atom is 0.251 e. The van der Waals surface area contributed by atoms with Gasteiger partial charge >= 0.3 is 0 Å². The van der Waals surface area contributed by atoms with Crippen molar-refractivity contribution in [1.29, 1.82) is 0 Å². The summed E-state index contributed by atoms with van der Waals surface area (Å²) in [7, 11) is 0. The zero-order chi connectivity index (χ0) is 17.5. The molecular formula is C18H23N3O2S. The second kappa shape index (κ2) is 8.49. The summed E-state index contributed by atoms with van der Waals surface area (Å²) in [6, 6.07) is 9.55. The standard InChI is InChI=1S/C18H23N3O2S/c1-12(2)21-18(23)16-9-14(7-6-13(16)3)19-11-17(22)20-10-15-5-4-8-24-15/h4-9,12,19H,10-11H2,1-3H3,(H,20,22)(H,21,23). The third-order valence-corrected chi connectivity index (χ3v) is 4.27. The van der Waals surface area contributed by atoms with Gasteiger partial charge in [0.25, 0.3) is 5.91 Å². The van der Waals surface area contributed by atoms with E-state index in [4.69, 9.17) is 0 Å². The van der Waals surface area contributed by atoms with Crippen LogP contribution in [-0.4, -0.2) is 24.4 Å². The molecule has 5 nitrogen and oxygen atoms in total. The largest absolute Gasteiger partial charge is 0.376 e. The number of amides is 2. The van der Waals surface area contributed by atoms with Crippen molar-refractivity contribution in [2.75, 3.05) is 11.9 Å². The smallest absolute Gasteiger partial charge is 0.251 e. The molecule has 2 aromatic rings. The molecule has 0 spiro atoms. The number of rotatable bonds is 7. The number of hydrogen-bond donors (Lipinski definition) is 3. The molecule has 6 heteroatoms. The van der Waals surface area contributed by atoms with Crippen molar-refractivity contribution >= 4 is 28.8 Å². The minimum Gasteiger partial charge on any atom is -0.376 e. The van der Waals surface area contributed by atoms with Crippen LogP contribution >= 0.6 is 11.3 Å². The van der Waals surface area contributed by atoms with Gasteiger partial charge in [0.05, 0.1) is 13.1 Å². The van der Waals surface area contributed by atoms with E-state index < -0.39 is 0 Å². The summed E-state index contributed by atoms with van der Waals surface area (Å²) in [4.78, 5) is 25.2. The lowest BCUT2D eigenvalue weighted by Gasteiger charge is -2.13. The molecule has 0 aliphatic rings. The van der Waals surface area contributed by atoms with Crippen molar-refractivity contribution in [2.45, 2.75) is 33.4 Å². The normalized spacial score (nSPS) is 10.5. The van der Waals surface area contributed by atoms with E-state index in [9.17, 15) is 9.59 Å². The van der Waals surface area contributed by atoms with Crippen molar-refractivity contribution in [3.8, 4) is 0 Å². The minimum absolute atomic E-state index is 0.0801. The molecule has 0 unspecified atom stereocenters. The van der Waals surface area contributed by atoms with Crippen molar-refractivity contribution in [2.24, 2.45) is 0 Å². The van der Waals surface area contributed by atoms with Crippen LogP contribution in [0.15, 0.2) is 35.7 Å². The fourth-order valence-corrected chi connectivity index (χ4v) is 2.80. The highest BCUT2D eigenvalue weighted by Crippen LogP contribution is 2.15. The van der Waals surface area contributed by atoms with Crippen LogP contribution in [0.25, 0.3) is 0 Å². The van der Waals surface area contributed by atoms with Gasteiger partial charge in [-0.05, 0) is 49.9 Å². The Morgan fingerprint density at radius 1 is 1.21 bits per heavy atom. The summed E-state index contributed by atoms with van der Waals surface area (Å²) < 4.78 is 0. The number of anilines is 1. The van der Waals surface area contributed by atoms with E-state index in [-0.39, 0.29) is 24.4 Å². The van der Waals surface area contributed by atoms with Gasteiger partial charge < -0.3 is 16.0 Å². The number of benzene rings is 1. The molecule has 0 saturated heterocycles. The molecule has 0 saturated carbocycles. The van der Waals surface area contributed by atoms with Crippen LogP contribution in [0, 0.1) is 6.92 Å². The molecule has 1 aromatic carbocycles. The van der Waals surface area contributed by atoms with Gasteiger partial charge in [0.1, 0.15) is 0 Å². The van der Waals surface area contributed by atoms with Gasteiger partial charge in [-0.15, -0.1) is 11.3 Å². The molecule has 2 rings (SSSR count). The molecule has 1 aromatic heterocycles. The first-order valence-electron chi connectivity index (χ1n) is 7.90. The zero-order valence-corrected chi connectivity index (χ0v) is 15.0. The lowest BCUT2D eigenvalue weighted by molar-refractivity contribution is -0.119. The highest BCUT2D eigenvalue weighted by Gasteiger charge is 2.11. The van der Waals surface area contributed by atoms with Gasteiger partial charge in [-0.25, -0.2) is 0 Å². The number of hydrogen-bond acceptors (Lipinski definition) is 4. The van der Waals surface area contributed by atoms with Gasteiger partial charge in [0, 0.05) is 22.2 Å². The molecule has 0 aliphatic heterocycles. The highest BCUT2D eigenvalue weighted by molar-refractivity contribution is 7.09. The third-order valence-electron chi connectivity index (χ3n) is 3.39. The van der Waals surface area contributed by atoms with Crippen LogP contribution in [0.1, 0.15) is 34.6 Å². The van der Waals surface area contributed by atoms with Crippen molar-refractivity contribution in [1.82, 2.24) is 10.6 Å². The van der Waals surface area contributed by atoms with E-state index in [0.717, 1.165) is 16.1 Å². The molecule has 24 heavy (non-hydrogen) atoms. The maximum absolute atomic E-state index is 12.2. The SMILES string of the molecule is Cc1ccc(NCC(=O)NCc2cccs2)cc1C(=O)NC(C)C. The van der Waals surface area contributed by atoms with Crippen LogP contribution in [-0.2, 0) is 11.3 Å². The third kappa shape index (κ3) is 5.38. The summed E-state index contributed by atoms with van der Waals surface area (Å²) in [5.41, 5.74) is 2.27. The first-order chi connectivity index (χ1) is 11.5. The van der Waals surface area contributed by atoms with Crippen LogP contribution < -0.4 is 16.0 Å². The second-order valence-electron chi connectivity index (χ2n) is 5.87. The van der Waals surface area contributed by atoms with E-state index in [2.05, 4.69) is 16.0 Å². The average molecular weight is 345 g/mol. The molecule has 0 radical (unpaired) electrons. The molecule has 0 atom stereocenters. The first kappa shape index (κ1) is 18.0. The van der Waals surface area contributed by atoms with Crippen molar-refractivity contribution in [3.05, 3.63) is 51.7 Å². The number of carbonyl (C=O) groups is 2. The lowest BCUT2D eigenvalue weighted by Crippen LogP contribution is -2.31. The Morgan fingerprint density at radius 3 is 2.67 bits per heavy atom. The summed E-state index contributed by atoms with van der Waals surface area (Å²) in [6.07, 6.45) is 0. The zero-order valence-electron chi connectivity index (χ0n) is 14.2. The molecular weight excluding hydrogens is 322 g/mol. The van der Waals surface area contributed by atoms with E-state index in [0.29, 0.717) is 12.1 Å². The monoisotopic (exact) mass is 345 g/mol. The van der Waals surface area contributed by atoms with Crippen LogP contribution in [0.2, 0.25) is 0 Å². The van der Waals surface area contributed by atoms with E-state index in [1.807, 2.05) is 50.4 Å². The van der Waals surface area contributed by atoms with Gasteiger partial charge in [0.2, 0.25) is 5.91 Å². The molecule has 2 amide bonds. The van der Waals surface area contributed by atoms with Crippen LogP contribution in [0.3, 0.4) is 0 Å². The minimum atomic E-state index is -0.103. The summed E-state index contributed by atoms with van der Waals surface area (Å²) in [6.45, 7) is 6.45.